The Bertz CT molecular complexity index is 85.7. The quantitative estimate of drug-likeness (QED) is 0.454. The largest absolute Gasteiger partial charge is 0.480 e. The van der Waals surface area contributed by atoms with Crippen molar-refractivity contribution in [2.45, 2.75) is 6.04 Å². The third-order valence-electron chi connectivity index (χ3n) is 0.514. The van der Waals surface area contributed by atoms with Gasteiger partial charge in [-0.3, -0.25) is 4.79 Å². The number of ether oxygens (including phenoxy) is 1. The van der Waals surface area contributed by atoms with Crippen molar-refractivity contribution in [1.82, 2.24) is 0 Å². The van der Waals surface area contributed by atoms with E-state index in [0.717, 1.165) is 0 Å². The van der Waals surface area contributed by atoms with Gasteiger partial charge in [-0.1, -0.05) is 0 Å². The highest BCUT2D eigenvalue weighted by molar-refractivity contribution is 5.73. The summed E-state index contributed by atoms with van der Waals surface area (Å²) in [5.74, 6) is -1.18. The van der Waals surface area contributed by atoms with Crippen molar-refractivity contribution in [3.8, 4) is 0 Å². The molecule has 5 nitrogen and oxygen atoms in total. The first-order valence-electron chi connectivity index (χ1n) is 2.59. The standard InChI is InChI=1S/C3H7NO3.C2H6O/c4-2(1-5)3(6)7;1-3-2/h2,5H,1,4H2,(H,6,7);1-2H3/t2-;/m0./s1. The van der Waals surface area contributed by atoms with Gasteiger partial charge < -0.3 is 20.7 Å². The molecule has 0 aromatic carbocycles. The first-order chi connectivity index (χ1) is 4.59. The number of carboxylic acid groups (broad SMARTS) is 1. The molecule has 1 atom stereocenters. The zero-order valence-corrected chi connectivity index (χ0v) is 6.07. The smallest absolute Gasteiger partial charge is 0.322 e. The fraction of sp³-hybridized carbons (Fsp3) is 0.800. The Hall–Kier alpha value is -0.650. The normalized spacial score (nSPS) is 11.2. The summed E-state index contributed by atoms with van der Waals surface area (Å²) in [6.07, 6.45) is 0. The Balaban J connectivity index is 0. The van der Waals surface area contributed by atoms with Crippen molar-refractivity contribution < 1.29 is 19.7 Å². The van der Waals surface area contributed by atoms with Crippen molar-refractivity contribution >= 4 is 5.97 Å². The fourth-order valence-corrected chi connectivity index (χ4v) is 0.0781. The molecule has 0 aliphatic rings. The Morgan fingerprint density at radius 3 is 2.00 bits per heavy atom. The average molecular weight is 151 g/mol. The van der Waals surface area contributed by atoms with Gasteiger partial charge in [-0.2, -0.15) is 0 Å². The van der Waals surface area contributed by atoms with E-state index in [1.165, 1.54) is 0 Å². The number of aliphatic hydroxyl groups is 1. The van der Waals surface area contributed by atoms with Gasteiger partial charge in [0.1, 0.15) is 6.04 Å². The molecule has 0 aliphatic heterocycles. The molecule has 0 heterocycles. The van der Waals surface area contributed by atoms with Crippen molar-refractivity contribution in [2.24, 2.45) is 5.73 Å². The first kappa shape index (κ1) is 12.1. The number of nitrogens with two attached hydrogens (primary N) is 1. The van der Waals surface area contributed by atoms with Gasteiger partial charge >= 0.3 is 5.97 Å². The summed E-state index contributed by atoms with van der Waals surface area (Å²) in [5, 5.41) is 15.9. The molecule has 0 aliphatic carbocycles. The van der Waals surface area contributed by atoms with E-state index in [4.69, 9.17) is 15.9 Å². The second-order valence-electron chi connectivity index (χ2n) is 1.54. The van der Waals surface area contributed by atoms with Crippen LogP contribution in [0.5, 0.6) is 0 Å². The summed E-state index contributed by atoms with van der Waals surface area (Å²) < 4.78 is 4.25. The molecular weight excluding hydrogens is 138 g/mol. The van der Waals surface area contributed by atoms with E-state index in [-0.39, 0.29) is 0 Å². The molecular formula is C5H13NO4. The molecule has 0 radical (unpaired) electrons. The zero-order chi connectivity index (χ0) is 8.57. The van der Waals surface area contributed by atoms with E-state index in [1.807, 2.05) is 0 Å². The fourth-order valence-electron chi connectivity index (χ4n) is 0.0781. The summed E-state index contributed by atoms with van der Waals surface area (Å²) in [5.41, 5.74) is 4.77. The molecule has 62 valence electrons. The minimum Gasteiger partial charge on any atom is -0.480 e. The van der Waals surface area contributed by atoms with Crippen molar-refractivity contribution in [3.63, 3.8) is 0 Å². The molecule has 0 spiro atoms. The van der Waals surface area contributed by atoms with E-state index in [1.54, 1.807) is 14.2 Å². The van der Waals surface area contributed by atoms with Crippen molar-refractivity contribution in [3.05, 3.63) is 0 Å². The molecule has 0 aromatic heterocycles. The van der Waals surface area contributed by atoms with Crippen LogP contribution in [0.15, 0.2) is 0 Å². The summed E-state index contributed by atoms with van der Waals surface area (Å²) in [6.45, 7) is -0.505. The second-order valence-corrected chi connectivity index (χ2v) is 1.54. The molecule has 0 aromatic rings. The lowest BCUT2D eigenvalue weighted by molar-refractivity contribution is -0.139. The van der Waals surface area contributed by atoms with E-state index in [0.29, 0.717) is 0 Å². The number of carboxylic acids is 1. The summed E-state index contributed by atoms with van der Waals surface area (Å²) in [7, 11) is 3.25. The Morgan fingerprint density at radius 1 is 1.70 bits per heavy atom. The third kappa shape index (κ3) is 10.4. The van der Waals surface area contributed by atoms with E-state index >= 15 is 0 Å². The number of aliphatic carboxylic acids is 1. The van der Waals surface area contributed by atoms with Gasteiger partial charge in [0.05, 0.1) is 6.61 Å². The van der Waals surface area contributed by atoms with Gasteiger partial charge in [-0.25, -0.2) is 0 Å². The maximum absolute atomic E-state index is 9.65. The number of methoxy groups -OCH3 is 1. The topological polar surface area (TPSA) is 92.8 Å². The number of hydrogen-bond donors (Lipinski definition) is 3. The van der Waals surface area contributed by atoms with E-state index in [9.17, 15) is 4.79 Å². The highest BCUT2D eigenvalue weighted by Crippen LogP contribution is 1.71. The predicted molar refractivity (Wildman–Crippen MR) is 35.6 cm³/mol. The molecule has 0 rings (SSSR count). The molecule has 0 amide bonds. The van der Waals surface area contributed by atoms with Crippen molar-refractivity contribution in [1.29, 1.82) is 0 Å². The van der Waals surface area contributed by atoms with Crippen molar-refractivity contribution in [2.75, 3.05) is 20.8 Å². The van der Waals surface area contributed by atoms with Gasteiger partial charge in [0.2, 0.25) is 0 Å². The van der Waals surface area contributed by atoms with Gasteiger partial charge in [0.25, 0.3) is 0 Å². The third-order valence-corrected chi connectivity index (χ3v) is 0.514. The minimum absolute atomic E-state index is 0.505. The lowest BCUT2D eigenvalue weighted by Gasteiger charge is -1.96. The maximum Gasteiger partial charge on any atom is 0.322 e. The minimum atomic E-state index is -1.18. The summed E-state index contributed by atoms with van der Waals surface area (Å²) >= 11 is 0. The SMILES string of the molecule is COC.N[C@@H](CO)C(=O)O. The maximum atomic E-state index is 9.65. The van der Waals surface area contributed by atoms with Gasteiger partial charge in [-0.15, -0.1) is 0 Å². The lowest BCUT2D eigenvalue weighted by atomic mass is 10.3. The van der Waals surface area contributed by atoms with E-state index < -0.39 is 18.6 Å². The van der Waals surface area contributed by atoms with E-state index in [2.05, 4.69) is 4.74 Å². The summed E-state index contributed by atoms with van der Waals surface area (Å²) in [6, 6.07) is -1.13. The van der Waals surface area contributed by atoms with Crippen LogP contribution in [0.4, 0.5) is 0 Å². The number of aliphatic hydroxyl groups excluding tert-OH is 1. The summed E-state index contributed by atoms with van der Waals surface area (Å²) in [4.78, 5) is 9.65. The Labute approximate surface area is 59.4 Å². The van der Waals surface area contributed by atoms with Crippen LogP contribution in [0.25, 0.3) is 0 Å². The number of carbonyl (C=O) groups is 1. The van der Waals surface area contributed by atoms with Crippen LogP contribution in [-0.2, 0) is 9.53 Å². The highest BCUT2D eigenvalue weighted by atomic mass is 16.4. The second kappa shape index (κ2) is 8.35. The van der Waals surface area contributed by atoms with Gasteiger partial charge in [-0.05, 0) is 0 Å². The van der Waals surface area contributed by atoms with Crippen LogP contribution in [-0.4, -0.2) is 43.1 Å². The van der Waals surface area contributed by atoms with Crippen LogP contribution < -0.4 is 5.73 Å². The molecule has 0 bridgehead atoms. The molecule has 0 unspecified atom stereocenters. The number of hydrogen-bond acceptors (Lipinski definition) is 4. The Kier molecular flexibility index (Phi) is 10.1. The molecule has 0 saturated carbocycles. The van der Waals surface area contributed by atoms with Crippen LogP contribution >= 0.6 is 0 Å². The predicted octanol–water partition coefficient (Wildman–Crippen LogP) is -1.35. The van der Waals surface area contributed by atoms with Crippen LogP contribution in [0.2, 0.25) is 0 Å². The molecule has 0 fully saturated rings. The van der Waals surface area contributed by atoms with Gasteiger partial charge in [0.15, 0.2) is 0 Å². The highest BCUT2D eigenvalue weighted by Gasteiger charge is 2.06. The average Bonchev–Trinajstić information content (AvgIpc) is 1.88. The Morgan fingerprint density at radius 2 is 2.00 bits per heavy atom. The van der Waals surface area contributed by atoms with Gasteiger partial charge in [0, 0.05) is 14.2 Å². The van der Waals surface area contributed by atoms with Crippen LogP contribution in [0.3, 0.4) is 0 Å². The molecule has 10 heavy (non-hydrogen) atoms. The number of rotatable bonds is 2. The van der Waals surface area contributed by atoms with Crippen LogP contribution in [0.1, 0.15) is 0 Å². The molecule has 5 heteroatoms. The molecule has 0 saturated heterocycles. The monoisotopic (exact) mass is 151 g/mol. The molecule has 4 N–H and O–H groups in total. The first-order valence-corrected chi connectivity index (χ1v) is 2.59. The zero-order valence-electron chi connectivity index (χ0n) is 6.07. The van der Waals surface area contributed by atoms with Crippen LogP contribution in [0, 0.1) is 0 Å². The lowest BCUT2D eigenvalue weighted by Crippen LogP contribution is -2.33.